The molecule has 4 heteroatoms. The number of ether oxygens (including phenoxy) is 1. The van der Waals surface area contributed by atoms with Crippen molar-refractivity contribution in [2.24, 2.45) is 0 Å². The molecule has 168 valence electrons. The van der Waals surface area contributed by atoms with Gasteiger partial charge in [-0.05, 0) is 58.0 Å². The molecule has 0 spiro atoms. The standard InChI is InChI=1S/C30H25NO3/c1-34-27-14-12-20(16-25(27)32)30-29-23(15-21(17-26(29)33)18-7-3-2-4-8-18)28-22-10-6-5-9-19(22)11-13-24(28)31-30/h2-14,16,21,30-32H,15,17H2,1H3/t21-,30+/m0/s1. The maximum Gasteiger partial charge on any atom is 0.162 e. The Balaban J connectivity index is 1.56. The highest BCUT2D eigenvalue weighted by molar-refractivity contribution is 6.13. The fourth-order valence-corrected chi connectivity index (χ4v) is 5.54. The van der Waals surface area contributed by atoms with Crippen LogP contribution >= 0.6 is 0 Å². The van der Waals surface area contributed by atoms with Gasteiger partial charge in [-0.15, -0.1) is 0 Å². The highest BCUT2D eigenvalue weighted by atomic mass is 16.5. The van der Waals surface area contributed by atoms with E-state index in [4.69, 9.17) is 4.74 Å². The van der Waals surface area contributed by atoms with Gasteiger partial charge in [-0.2, -0.15) is 0 Å². The van der Waals surface area contributed by atoms with E-state index >= 15 is 0 Å². The number of Topliss-reactive ketones (excluding diaryl/α,β-unsaturated/α-hetero) is 1. The van der Waals surface area contributed by atoms with Crippen molar-refractivity contribution in [1.82, 2.24) is 0 Å². The Kier molecular flexibility index (Phi) is 4.88. The molecule has 0 radical (unpaired) electrons. The van der Waals surface area contributed by atoms with Gasteiger partial charge in [-0.3, -0.25) is 4.79 Å². The average Bonchev–Trinajstić information content (AvgIpc) is 2.88. The van der Waals surface area contributed by atoms with E-state index in [-0.39, 0.29) is 23.5 Å². The summed E-state index contributed by atoms with van der Waals surface area (Å²) in [5.41, 5.74) is 6.09. The summed E-state index contributed by atoms with van der Waals surface area (Å²) in [7, 11) is 1.53. The number of rotatable bonds is 3. The number of allylic oxidation sites excluding steroid dienone is 1. The lowest BCUT2D eigenvalue weighted by Crippen LogP contribution is -2.29. The van der Waals surface area contributed by atoms with E-state index in [0.29, 0.717) is 12.2 Å². The number of phenolic OH excluding ortho intramolecular Hbond substituents is 1. The first-order valence-electron chi connectivity index (χ1n) is 11.6. The zero-order valence-corrected chi connectivity index (χ0v) is 18.9. The molecule has 1 aliphatic carbocycles. The molecule has 2 atom stereocenters. The number of nitrogens with one attached hydrogen (secondary N) is 1. The number of aromatic hydroxyl groups is 1. The summed E-state index contributed by atoms with van der Waals surface area (Å²) in [6.45, 7) is 0. The van der Waals surface area contributed by atoms with Gasteiger partial charge in [-0.25, -0.2) is 0 Å². The van der Waals surface area contributed by atoms with Gasteiger partial charge in [0.15, 0.2) is 17.3 Å². The number of carbonyl (C=O) groups excluding carboxylic acids is 1. The minimum Gasteiger partial charge on any atom is -0.504 e. The molecule has 6 rings (SSSR count). The SMILES string of the molecule is COc1ccc([C@H]2Nc3ccc4ccccc4c3C3=C2C(=O)C[C@@H](c2ccccc2)C3)cc1O. The highest BCUT2D eigenvalue weighted by Gasteiger charge is 2.38. The zero-order chi connectivity index (χ0) is 23.2. The topological polar surface area (TPSA) is 58.6 Å². The minimum atomic E-state index is -0.329. The molecule has 4 nitrogen and oxygen atoms in total. The normalized spacial score (nSPS) is 19.4. The second kappa shape index (κ2) is 8.07. The van der Waals surface area contributed by atoms with E-state index in [1.807, 2.05) is 30.3 Å². The highest BCUT2D eigenvalue weighted by Crippen LogP contribution is 2.51. The fraction of sp³-hybridized carbons (Fsp3) is 0.167. The van der Waals surface area contributed by atoms with Crippen LogP contribution in [0.15, 0.2) is 90.5 Å². The van der Waals surface area contributed by atoms with Crippen molar-refractivity contribution >= 4 is 27.8 Å². The van der Waals surface area contributed by atoms with Gasteiger partial charge in [0.05, 0.1) is 13.2 Å². The van der Waals surface area contributed by atoms with Gasteiger partial charge in [0.25, 0.3) is 0 Å². The van der Waals surface area contributed by atoms with Crippen LogP contribution in [-0.4, -0.2) is 18.0 Å². The summed E-state index contributed by atoms with van der Waals surface area (Å²) < 4.78 is 5.23. The average molecular weight is 448 g/mol. The Morgan fingerprint density at radius 3 is 2.47 bits per heavy atom. The number of hydrogen-bond acceptors (Lipinski definition) is 4. The van der Waals surface area contributed by atoms with Gasteiger partial charge in [0.2, 0.25) is 0 Å². The van der Waals surface area contributed by atoms with Crippen molar-refractivity contribution in [3.63, 3.8) is 0 Å². The van der Waals surface area contributed by atoms with Crippen molar-refractivity contribution in [3.8, 4) is 11.5 Å². The number of phenols is 1. The number of benzene rings is 4. The minimum absolute atomic E-state index is 0.0682. The van der Waals surface area contributed by atoms with Crippen LogP contribution in [0.3, 0.4) is 0 Å². The molecule has 0 aromatic heterocycles. The van der Waals surface area contributed by atoms with Gasteiger partial charge in [0, 0.05) is 23.2 Å². The Labute approximate surface area is 198 Å². The number of carbonyl (C=O) groups is 1. The molecule has 0 saturated carbocycles. The Morgan fingerprint density at radius 2 is 1.68 bits per heavy atom. The third-order valence-electron chi connectivity index (χ3n) is 7.13. The molecule has 4 aromatic carbocycles. The first-order chi connectivity index (χ1) is 16.6. The van der Waals surface area contributed by atoms with Crippen LogP contribution in [0.5, 0.6) is 11.5 Å². The van der Waals surface area contributed by atoms with Crippen LogP contribution in [0.25, 0.3) is 16.3 Å². The van der Waals surface area contributed by atoms with E-state index in [9.17, 15) is 9.90 Å². The van der Waals surface area contributed by atoms with Crippen LogP contribution in [0, 0.1) is 0 Å². The number of hydrogen-bond donors (Lipinski definition) is 2. The number of ketones is 1. The molecule has 2 N–H and O–H groups in total. The van der Waals surface area contributed by atoms with E-state index in [2.05, 4.69) is 47.8 Å². The maximum absolute atomic E-state index is 13.8. The van der Waals surface area contributed by atoms with Crippen molar-refractivity contribution in [2.45, 2.75) is 24.8 Å². The summed E-state index contributed by atoms with van der Waals surface area (Å²) in [4.78, 5) is 13.8. The monoisotopic (exact) mass is 447 g/mol. The van der Waals surface area contributed by atoms with Gasteiger partial charge in [-0.1, -0.05) is 66.7 Å². The predicted octanol–water partition coefficient (Wildman–Crippen LogP) is 6.62. The number of methoxy groups -OCH3 is 1. The van der Waals surface area contributed by atoms with E-state index in [0.717, 1.165) is 45.2 Å². The molecular weight excluding hydrogens is 422 g/mol. The van der Waals surface area contributed by atoms with Gasteiger partial charge < -0.3 is 15.2 Å². The second-order valence-electron chi connectivity index (χ2n) is 9.05. The maximum atomic E-state index is 13.8. The predicted molar refractivity (Wildman–Crippen MR) is 135 cm³/mol. The molecule has 1 aliphatic heterocycles. The molecule has 0 saturated heterocycles. The van der Waals surface area contributed by atoms with E-state index < -0.39 is 0 Å². The Morgan fingerprint density at radius 1 is 0.882 bits per heavy atom. The van der Waals surface area contributed by atoms with Crippen molar-refractivity contribution in [1.29, 1.82) is 0 Å². The lowest BCUT2D eigenvalue weighted by Gasteiger charge is -2.37. The number of anilines is 1. The third-order valence-corrected chi connectivity index (χ3v) is 7.13. The van der Waals surface area contributed by atoms with Gasteiger partial charge in [0.1, 0.15) is 0 Å². The fourth-order valence-electron chi connectivity index (χ4n) is 5.54. The summed E-state index contributed by atoms with van der Waals surface area (Å²) in [6, 6.07) is 27.9. The van der Waals surface area contributed by atoms with Crippen LogP contribution in [0.4, 0.5) is 5.69 Å². The quantitative estimate of drug-likeness (QED) is 0.370. The van der Waals surface area contributed by atoms with Crippen LogP contribution in [0.1, 0.15) is 41.5 Å². The first kappa shape index (κ1) is 20.5. The van der Waals surface area contributed by atoms with E-state index in [1.54, 1.807) is 12.1 Å². The largest absolute Gasteiger partial charge is 0.504 e. The summed E-state index contributed by atoms with van der Waals surface area (Å²) in [6.07, 6.45) is 1.27. The van der Waals surface area contributed by atoms with Crippen LogP contribution in [-0.2, 0) is 4.79 Å². The molecular formula is C30H25NO3. The van der Waals surface area contributed by atoms with Gasteiger partial charge >= 0.3 is 0 Å². The molecule has 0 amide bonds. The Bertz CT molecular complexity index is 1450. The Hall–Kier alpha value is -4.05. The smallest absolute Gasteiger partial charge is 0.162 e. The summed E-state index contributed by atoms with van der Waals surface area (Å²) in [5.74, 6) is 0.779. The number of fused-ring (bicyclic) bond motifs is 4. The lowest BCUT2D eigenvalue weighted by molar-refractivity contribution is -0.116. The summed E-state index contributed by atoms with van der Waals surface area (Å²) in [5, 5.41) is 16.4. The molecule has 0 unspecified atom stereocenters. The lowest BCUT2D eigenvalue weighted by atomic mass is 9.71. The van der Waals surface area contributed by atoms with Crippen molar-refractivity contribution in [2.75, 3.05) is 12.4 Å². The first-order valence-corrected chi connectivity index (χ1v) is 11.6. The molecule has 4 aromatic rings. The molecule has 1 heterocycles. The van der Waals surface area contributed by atoms with Crippen LogP contribution < -0.4 is 10.1 Å². The van der Waals surface area contributed by atoms with Crippen molar-refractivity contribution < 1.29 is 14.6 Å². The van der Waals surface area contributed by atoms with Crippen LogP contribution in [0.2, 0.25) is 0 Å². The molecule has 0 fully saturated rings. The molecule has 2 aliphatic rings. The second-order valence-corrected chi connectivity index (χ2v) is 9.05. The molecule has 0 bridgehead atoms. The summed E-state index contributed by atoms with van der Waals surface area (Å²) >= 11 is 0. The third kappa shape index (κ3) is 3.26. The van der Waals surface area contributed by atoms with E-state index in [1.165, 1.54) is 12.7 Å². The van der Waals surface area contributed by atoms with Crippen molar-refractivity contribution in [3.05, 3.63) is 107 Å². The molecule has 34 heavy (non-hydrogen) atoms. The zero-order valence-electron chi connectivity index (χ0n) is 18.9.